The molecule has 0 saturated carbocycles. The molecular weight excluding hydrogens is 394 g/mol. The van der Waals surface area contributed by atoms with Gasteiger partial charge in [0, 0.05) is 0 Å². The van der Waals surface area contributed by atoms with E-state index in [0.29, 0.717) is 5.75 Å². The first kappa shape index (κ1) is 22.5. The van der Waals surface area contributed by atoms with Gasteiger partial charge in [-0.25, -0.2) is 8.42 Å². The Morgan fingerprint density at radius 2 is 1.79 bits per heavy atom. The molecule has 158 valence electrons. The minimum atomic E-state index is -4.16. The van der Waals surface area contributed by atoms with Crippen LogP contribution in [0.1, 0.15) is 13.8 Å². The third kappa shape index (κ3) is 4.99. The molecule has 2 rings (SSSR count). The highest BCUT2D eigenvalue weighted by atomic mass is 32.2. The summed E-state index contributed by atoms with van der Waals surface area (Å²) in [5, 5.41) is 19.3. The van der Waals surface area contributed by atoms with Crippen molar-refractivity contribution in [2.45, 2.75) is 48.9 Å². The number of ether oxygens (including phenoxy) is 4. The van der Waals surface area contributed by atoms with Crippen molar-refractivity contribution < 1.29 is 42.4 Å². The van der Waals surface area contributed by atoms with Gasteiger partial charge in [-0.15, -0.1) is 0 Å². The first-order valence-corrected chi connectivity index (χ1v) is 9.91. The quantitative estimate of drug-likeness (QED) is 0.471. The van der Waals surface area contributed by atoms with Crippen LogP contribution in [0, 0.1) is 0 Å². The SMILES string of the molecule is COC(=O)[C@H](NS(=O)(=O)c1ccc(OC)cc1)[C@H]1OC(C)(C)O[C@@H]1[C@@H](O)CO. The third-order valence-electron chi connectivity index (χ3n) is 4.17. The van der Waals surface area contributed by atoms with Crippen molar-refractivity contribution in [1.29, 1.82) is 0 Å². The van der Waals surface area contributed by atoms with Crippen LogP contribution < -0.4 is 9.46 Å². The smallest absolute Gasteiger partial charge is 0.326 e. The molecule has 1 aliphatic heterocycles. The number of aliphatic hydroxyl groups is 2. The van der Waals surface area contributed by atoms with E-state index in [2.05, 4.69) is 4.72 Å². The molecule has 0 aromatic heterocycles. The lowest BCUT2D eigenvalue weighted by molar-refractivity contribution is -0.161. The Kier molecular flexibility index (Phi) is 7.02. The molecule has 11 heteroatoms. The molecule has 0 bridgehead atoms. The molecule has 0 radical (unpaired) electrons. The highest BCUT2D eigenvalue weighted by molar-refractivity contribution is 7.89. The number of benzene rings is 1. The third-order valence-corrected chi connectivity index (χ3v) is 5.62. The van der Waals surface area contributed by atoms with Crippen LogP contribution in [0.5, 0.6) is 5.75 Å². The number of carbonyl (C=O) groups excluding carboxylic acids is 1. The lowest BCUT2D eigenvalue weighted by Gasteiger charge is -2.27. The standard InChI is InChI=1S/C17H25NO9S/c1-17(2)26-14(12(20)9-19)15(27-17)13(16(21)25-4)18-28(22,23)11-7-5-10(24-3)6-8-11/h5-8,12-15,18-20H,9H2,1-4H3/t12-,13+,14+,15+/m0/s1. The van der Waals surface area contributed by atoms with Crippen LogP contribution in [0.3, 0.4) is 0 Å². The van der Waals surface area contributed by atoms with E-state index in [0.717, 1.165) is 7.11 Å². The number of carbonyl (C=O) groups is 1. The molecule has 1 fully saturated rings. The van der Waals surface area contributed by atoms with Crippen LogP contribution in [0.4, 0.5) is 0 Å². The summed E-state index contributed by atoms with van der Waals surface area (Å²) in [7, 11) is -1.62. The van der Waals surface area contributed by atoms with E-state index in [9.17, 15) is 23.4 Å². The summed E-state index contributed by atoms with van der Waals surface area (Å²) in [4.78, 5) is 12.2. The van der Waals surface area contributed by atoms with Gasteiger partial charge in [-0.05, 0) is 38.1 Å². The second-order valence-electron chi connectivity index (χ2n) is 6.61. The van der Waals surface area contributed by atoms with E-state index in [1.54, 1.807) is 0 Å². The molecule has 1 saturated heterocycles. The number of aliphatic hydroxyl groups excluding tert-OH is 2. The van der Waals surface area contributed by atoms with Gasteiger partial charge in [0.2, 0.25) is 10.0 Å². The number of esters is 1. The van der Waals surface area contributed by atoms with Crippen LogP contribution in [-0.4, -0.2) is 75.6 Å². The van der Waals surface area contributed by atoms with E-state index in [1.165, 1.54) is 45.2 Å². The zero-order valence-electron chi connectivity index (χ0n) is 16.0. The minimum absolute atomic E-state index is 0.111. The lowest BCUT2D eigenvalue weighted by Crippen LogP contribution is -2.55. The average molecular weight is 419 g/mol. The van der Waals surface area contributed by atoms with Crippen molar-refractivity contribution in [1.82, 2.24) is 4.72 Å². The molecule has 0 aliphatic carbocycles. The van der Waals surface area contributed by atoms with Crippen molar-refractivity contribution in [3.8, 4) is 5.75 Å². The maximum atomic E-state index is 12.8. The molecule has 0 spiro atoms. The van der Waals surface area contributed by atoms with Crippen LogP contribution in [0.25, 0.3) is 0 Å². The van der Waals surface area contributed by atoms with E-state index in [1.807, 2.05) is 0 Å². The second kappa shape index (κ2) is 8.72. The van der Waals surface area contributed by atoms with E-state index >= 15 is 0 Å². The Morgan fingerprint density at radius 1 is 1.21 bits per heavy atom. The predicted molar refractivity (Wildman–Crippen MR) is 96.0 cm³/mol. The second-order valence-corrected chi connectivity index (χ2v) is 8.33. The van der Waals surface area contributed by atoms with Crippen molar-refractivity contribution >= 4 is 16.0 Å². The Morgan fingerprint density at radius 3 is 2.29 bits per heavy atom. The monoisotopic (exact) mass is 419 g/mol. The number of sulfonamides is 1. The summed E-state index contributed by atoms with van der Waals surface area (Å²) in [6.07, 6.45) is -3.80. The van der Waals surface area contributed by atoms with Gasteiger partial charge in [0.15, 0.2) is 5.79 Å². The maximum Gasteiger partial charge on any atom is 0.326 e. The van der Waals surface area contributed by atoms with Crippen molar-refractivity contribution in [2.75, 3.05) is 20.8 Å². The maximum absolute atomic E-state index is 12.8. The van der Waals surface area contributed by atoms with Gasteiger partial charge in [0.25, 0.3) is 0 Å². The highest BCUT2D eigenvalue weighted by Crippen LogP contribution is 2.32. The molecule has 4 atom stereocenters. The topological polar surface area (TPSA) is 141 Å². The lowest BCUT2D eigenvalue weighted by atomic mass is 10.0. The fourth-order valence-corrected chi connectivity index (χ4v) is 4.04. The fraction of sp³-hybridized carbons (Fsp3) is 0.588. The molecule has 0 amide bonds. The normalized spacial score (nSPS) is 23.8. The van der Waals surface area contributed by atoms with Gasteiger partial charge in [0.05, 0.1) is 25.7 Å². The molecule has 28 heavy (non-hydrogen) atoms. The largest absolute Gasteiger partial charge is 0.497 e. The molecule has 10 nitrogen and oxygen atoms in total. The van der Waals surface area contributed by atoms with E-state index in [4.69, 9.17) is 18.9 Å². The number of rotatable bonds is 8. The molecular formula is C17H25NO9S. The first-order chi connectivity index (χ1) is 13.0. The molecule has 0 unspecified atom stereocenters. The zero-order chi connectivity index (χ0) is 21.1. The summed E-state index contributed by atoms with van der Waals surface area (Å²) < 4.78 is 48.7. The van der Waals surface area contributed by atoms with Crippen LogP contribution in [0.2, 0.25) is 0 Å². The van der Waals surface area contributed by atoms with Gasteiger partial charge < -0.3 is 29.2 Å². The van der Waals surface area contributed by atoms with Gasteiger partial charge in [-0.3, -0.25) is 4.79 Å². The van der Waals surface area contributed by atoms with Gasteiger partial charge in [-0.1, -0.05) is 0 Å². The first-order valence-electron chi connectivity index (χ1n) is 8.43. The Balaban J connectivity index is 2.36. The minimum Gasteiger partial charge on any atom is -0.497 e. The summed E-state index contributed by atoms with van der Waals surface area (Å²) in [5.74, 6) is -1.69. The molecule has 1 aliphatic rings. The number of methoxy groups -OCH3 is 2. The van der Waals surface area contributed by atoms with Crippen LogP contribution in [0.15, 0.2) is 29.2 Å². The van der Waals surface area contributed by atoms with Gasteiger partial charge in [-0.2, -0.15) is 4.72 Å². The Labute approximate surface area is 163 Å². The van der Waals surface area contributed by atoms with Crippen LogP contribution in [-0.2, 0) is 29.0 Å². The van der Waals surface area contributed by atoms with E-state index < -0.39 is 52.7 Å². The molecule has 1 heterocycles. The number of nitrogens with one attached hydrogen (secondary N) is 1. The number of hydrogen-bond donors (Lipinski definition) is 3. The zero-order valence-corrected chi connectivity index (χ0v) is 16.8. The fourth-order valence-electron chi connectivity index (χ4n) is 2.84. The summed E-state index contributed by atoms with van der Waals surface area (Å²) >= 11 is 0. The summed E-state index contributed by atoms with van der Waals surface area (Å²) in [5.41, 5.74) is 0. The predicted octanol–water partition coefficient (Wildman–Crippen LogP) is -0.612. The van der Waals surface area contributed by atoms with Crippen molar-refractivity contribution in [2.24, 2.45) is 0 Å². The van der Waals surface area contributed by atoms with Crippen molar-refractivity contribution in [3.63, 3.8) is 0 Å². The van der Waals surface area contributed by atoms with E-state index in [-0.39, 0.29) is 4.90 Å². The van der Waals surface area contributed by atoms with Crippen LogP contribution >= 0.6 is 0 Å². The Bertz CT molecular complexity index is 778. The molecule has 3 N–H and O–H groups in total. The van der Waals surface area contributed by atoms with Gasteiger partial charge in [0.1, 0.15) is 30.1 Å². The van der Waals surface area contributed by atoms with Crippen molar-refractivity contribution in [3.05, 3.63) is 24.3 Å². The average Bonchev–Trinajstić information content (AvgIpc) is 3.00. The molecule has 1 aromatic rings. The highest BCUT2D eigenvalue weighted by Gasteiger charge is 2.51. The Hall–Kier alpha value is -1.76. The molecule has 1 aromatic carbocycles. The summed E-state index contributed by atoms with van der Waals surface area (Å²) in [6.45, 7) is 2.41. The van der Waals surface area contributed by atoms with Gasteiger partial charge >= 0.3 is 5.97 Å². The summed E-state index contributed by atoms with van der Waals surface area (Å²) in [6, 6.07) is 4.01. The number of hydrogen-bond acceptors (Lipinski definition) is 9.